The van der Waals surface area contributed by atoms with E-state index in [4.69, 9.17) is 0 Å². The van der Waals surface area contributed by atoms with Gasteiger partial charge in [-0.15, -0.1) is 0 Å². The zero-order valence-electron chi connectivity index (χ0n) is 14.2. The van der Waals surface area contributed by atoms with Gasteiger partial charge in [-0.2, -0.15) is 4.31 Å². The van der Waals surface area contributed by atoms with E-state index in [1.165, 1.54) is 40.7 Å². The molecule has 25 heavy (non-hydrogen) atoms. The van der Waals surface area contributed by atoms with Gasteiger partial charge in [0.05, 0.1) is 4.90 Å². The molecule has 5 nitrogen and oxygen atoms in total. The summed E-state index contributed by atoms with van der Waals surface area (Å²) in [6, 6.07) is 11.7. The quantitative estimate of drug-likeness (QED) is 0.821. The van der Waals surface area contributed by atoms with Crippen molar-refractivity contribution in [2.75, 3.05) is 13.1 Å². The highest BCUT2D eigenvalue weighted by Gasteiger charge is 2.21. The molecule has 0 saturated heterocycles. The molecule has 7 heteroatoms. The second kappa shape index (κ2) is 8.22. The maximum absolute atomic E-state index is 13.1. The second-order valence-electron chi connectivity index (χ2n) is 5.43. The molecule has 1 N–H and O–H groups in total. The van der Waals surface area contributed by atoms with Gasteiger partial charge >= 0.3 is 0 Å². The van der Waals surface area contributed by atoms with Gasteiger partial charge in [-0.05, 0) is 42.0 Å². The molecule has 0 aliphatic carbocycles. The predicted octanol–water partition coefficient (Wildman–Crippen LogP) is 2.79. The van der Waals surface area contributed by atoms with Gasteiger partial charge in [-0.3, -0.25) is 4.79 Å². The van der Waals surface area contributed by atoms with Crippen LogP contribution in [0.3, 0.4) is 0 Å². The number of carbonyl (C=O) groups excluding carboxylic acids is 1. The Kier molecular flexibility index (Phi) is 6.27. The van der Waals surface area contributed by atoms with E-state index in [0.29, 0.717) is 24.2 Å². The Bertz CT molecular complexity index is 832. The van der Waals surface area contributed by atoms with E-state index in [9.17, 15) is 17.6 Å². The van der Waals surface area contributed by atoms with Gasteiger partial charge in [0.15, 0.2) is 0 Å². The SMILES string of the molecule is CCN(CC)S(=O)(=O)c1ccc(C(=O)NCc2cccc(F)c2)cc1. The van der Waals surface area contributed by atoms with Crippen LogP contribution in [0.5, 0.6) is 0 Å². The second-order valence-corrected chi connectivity index (χ2v) is 7.36. The Hall–Kier alpha value is -2.25. The van der Waals surface area contributed by atoms with Crippen LogP contribution < -0.4 is 5.32 Å². The Morgan fingerprint density at radius 2 is 1.72 bits per heavy atom. The summed E-state index contributed by atoms with van der Waals surface area (Å²) in [6.07, 6.45) is 0. The first-order valence-electron chi connectivity index (χ1n) is 8.01. The lowest BCUT2D eigenvalue weighted by molar-refractivity contribution is 0.0950. The van der Waals surface area contributed by atoms with Crippen LogP contribution in [0.4, 0.5) is 4.39 Å². The van der Waals surface area contributed by atoms with Gasteiger partial charge in [-0.25, -0.2) is 12.8 Å². The van der Waals surface area contributed by atoms with E-state index < -0.39 is 10.0 Å². The Labute approximate surface area is 147 Å². The number of sulfonamides is 1. The number of halogens is 1. The van der Waals surface area contributed by atoms with Crippen molar-refractivity contribution in [3.05, 3.63) is 65.5 Å². The molecule has 0 atom stereocenters. The molecule has 0 spiro atoms. The van der Waals surface area contributed by atoms with E-state index in [1.54, 1.807) is 26.0 Å². The van der Waals surface area contributed by atoms with Gasteiger partial charge in [0.1, 0.15) is 5.82 Å². The Morgan fingerprint density at radius 1 is 1.08 bits per heavy atom. The van der Waals surface area contributed by atoms with Gasteiger partial charge in [0, 0.05) is 25.2 Å². The lowest BCUT2D eigenvalue weighted by Crippen LogP contribution is -2.30. The summed E-state index contributed by atoms with van der Waals surface area (Å²) < 4.78 is 39.3. The fourth-order valence-electron chi connectivity index (χ4n) is 2.42. The zero-order chi connectivity index (χ0) is 18.4. The number of hydrogen-bond acceptors (Lipinski definition) is 3. The molecule has 1 amide bonds. The minimum atomic E-state index is -3.54. The maximum Gasteiger partial charge on any atom is 0.251 e. The number of nitrogens with one attached hydrogen (secondary N) is 1. The molecule has 134 valence electrons. The van der Waals surface area contributed by atoms with Crippen molar-refractivity contribution in [2.24, 2.45) is 0 Å². The van der Waals surface area contributed by atoms with E-state index in [-0.39, 0.29) is 23.2 Å². The molecule has 0 aliphatic heterocycles. The monoisotopic (exact) mass is 364 g/mol. The topological polar surface area (TPSA) is 66.5 Å². The van der Waals surface area contributed by atoms with Gasteiger partial charge in [0.2, 0.25) is 10.0 Å². The first-order chi connectivity index (χ1) is 11.9. The average Bonchev–Trinajstić information content (AvgIpc) is 2.60. The van der Waals surface area contributed by atoms with E-state index in [2.05, 4.69) is 5.32 Å². The first-order valence-corrected chi connectivity index (χ1v) is 9.45. The summed E-state index contributed by atoms with van der Waals surface area (Å²) in [7, 11) is -3.54. The molecule has 0 unspecified atom stereocenters. The van der Waals surface area contributed by atoms with Crippen molar-refractivity contribution >= 4 is 15.9 Å². The molecule has 0 saturated carbocycles. The summed E-state index contributed by atoms with van der Waals surface area (Å²) in [5.74, 6) is -0.714. The molecule has 0 radical (unpaired) electrons. The van der Waals surface area contributed by atoms with Crippen molar-refractivity contribution in [3.8, 4) is 0 Å². The first kappa shape index (κ1) is 19.1. The van der Waals surface area contributed by atoms with Gasteiger partial charge in [-0.1, -0.05) is 26.0 Å². The normalized spacial score (nSPS) is 11.5. The molecule has 0 bridgehead atoms. The minimum absolute atomic E-state index is 0.151. The maximum atomic E-state index is 13.1. The largest absolute Gasteiger partial charge is 0.348 e. The summed E-state index contributed by atoms with van der Waals surface area (Å²) in [5.41, 5.74) is 0.990. The fourth-order valence-corrected chi connectivity index (χ4v) is 3.88. The van der Waals surface area contributed by atoms with E-state index >= 15 is 0 Å². The highest BCUT2D eigenvalue weighted by Crippen LogP contribution is 2.16. The lowest BCUT2D eigenvalue weighted by Gasteiger charge is -2.18. The molecule has 2 aromatic rings. The number of nitrogens with zero attached hydrogens (tertiary/aromatic N) is 1. The Balaban J connectivity index is 2.07. The minimum Gasteiger partial charge on any atom is -0.348 e. The zero-order valence-corrected chi connectivity index (χ0v) is 15.0. The smallest absolute Gasteiger partial charge is 0.251 e. The van der Waals surface area contributed by atoms with Crippen molar-refractivity contribution in [1.29, 1.82) is 0 Å². The lowest BCUT2D eigenvalue weighted by atomic mass is 10.2. The van der Waals surface area contributed by atoms with E-state index in [1.807, 2.05) is 0 Å². The molecule has 0 aliphatic rings. The molecule has 0 aromatic heterocycles. The van der Waals surface area contributed by atoms with Gasteiger partial charge in [0.25, 0.3) is 5.91 Å². The molecular formula is C18H21FN2O3S. The molecular weight excluding hydrogens is 343 g/mol. The van der Waals surface area contributed by atoms with Crippen molar-refractivity contribution in [2.45, 2.75) is 25.3 Å². The van der Waals surface area contributed by atoms with Crippen molar-refractivity contribution in [1.82, 2.24) is 9.62 Å². The highest BCUT2D eigenvalue weighted by molar-refractivity contribution is 7.89. The molecule has 2 rings (SSSR count). The van der Waals surface area contributed by atoms with Crippen LogP contribution in [-0.4, -0.2) is 31.7 Å². The predicted molar refractivity (Wildman–Crippen MR) is 94.1 cm³/mol. The standard InChI is InChI=1S/C18H21FN2O3S/c1-3-21(4-2)25(23,24)17-10-8-15(9-11-17)18(22)20-13-14-6-5-7-16(19)12-14/h5-12H,3-4,13H2,1-2H3,(H,20,22). The highest BCUT2D eigenvalue weighted by atomic mass is 32.2. The average molecular weight is 364 g/mol. The Morgan fingerprint density at radius 3 is 2.28 bits per heavy atom. The van der Waals surface area contributed by atoms with Crippen LogP contribution in [0.2, 0.25) is 0 Å². The fraction of sp³-hybridized carbons (Fsp3) is 0.278. The van der Waals surface area contributed by atoms with Crippen molar-refractivity contribution < 1.29 is 17.6 Å². The van der Waals surface area contributed by atoms with Gasteiger partial charge < -0.3 is 5.32 Å². The van der Waals surface area contributed by atoms with Crippen molar-refractivity contribution in [3.63, 3.8) is 0 Å². The summed E-state index contributed by atoms with van der Waals surface area (Å²) in [4.78, 5) is 12.3. The number of hydrogen-bond donors (Lipinski definition) is 1. The summed E-state index contributed by atoms with van der Waals surface area (Å²) in [6.45, 7) is 4.50. The van der Waals surface area contributed by atoms with Crippen LogP contribution in [0.1, 0.15) is 29.8 Å². The van der Waals surface area contributed by atoms with Crippen LogP contribution in [-0.2, 0) is 16.6 Å². The summed E-state index contributed by atoms with van der Waals surface area (Å²) in [5, 5.41) is 2.68. The van der Waals surface area contributed by atoms with Crippen LogP contribution in [0.25, 0.3) is 0 Å². The van der Waals surface area contributed by atoms with Crippen LogP contribution in [0.15, 0.2) is 53.4 Å². The molecule has 0 fully saturated rings. The number of carbonyl (C=O) groups is 1. The summed E-state index contributed by atoms with van der Waals surface area (Å²) >= 11 is 0. The van der Waals surface area contributed by atoms with E-state index in [0.717, 1.165) is 0 Å². The number of rotatable bonds is 7. The third-order valence-corrected chi connectivity index (χ3v) is 5.87. The number of benzene rings is 2. The third-order valence-electron chi connectivity index (χ3n) is 3.80. The third kappa shape index (κ3) is 4.64. The molecule has 2 aromatic carbocycles. The number of amides is 1. The van der Waals surface area contributed by atoms with Crippen LogP contribution in [0, 0.1) is 5.82 Å². The van der Waals surface area contributed by atoms with Crippen LogP contribution >= 0.6 is 0 Å². The molecule has 0 heterocycles.